The first-order chi connectivity index (χ1) is 9.15. The van der Waals surface area contributed by atoms with E-state index >= 15 is 0 Å². The van der Waals surface area contributed by atoms with Crippen molar-refractivity contribution in [1.82, 2.24) is 5.01 Å². The van der Waals surface area contributed by atoms with Gasteiger partial charge in [0.15, 0.2) is 0 Å². The monoisotopic (exact) mass is 258 g/mol. The summed E-state index contributed by atoms with van der Waals surface area (Å²) >= 11 is 0. The van der Waals surface area contributed by atoms with Crippen LogP contribution in [0.25, 0.3) is 0 Å². The van der Waals surface area contributed by atoms with Crippen LogP contribution in [0.15, 0.2) is 52.2 Å². The highest BCUT2D eigenvalue weighted by molar-refractivity contribution is 5.88. The van der Waals surface area contributed by atoms with E-state index in [4.69, 9.17) is 9.15 Å². The molecule has 0 saturated carbocycles. The largest absolute Gasteiger partial charge is 0.457 e. The van der Waals surface area contributed by atoms with Crippen LogP contribution >= 0.6 is 0 Å². The Balaban J connectivity index is 2.01. The lowest BCUT2D eigenvalue weighted by molar-refractivity contribution is 0.0701. The Kier molecular flexibility index (Phi) is 3.97. The molecular weight excluding hydrogens is 244 g/mol. The molecule has 1 aromatic carbocycles. The molecule has 0 amide bonds. The first-order valence-electron chi connectivity index (χ1n) is 5.72. The average Bonchev–Trinajstić information content (AvgIpc) is 2.92. The number of carbonyl (C=O) groups excluding carboxylic acids is 1. The van der Waals surface area contributed by atoms with Gasteiger partial charge in [0, 0.05) is 14.1 Å². The molecule has 98 valence electrons. The minimum absolute atomic E-state index is 0.179. The minimum atomic E-state index is -0.514. The van der Waals surface area contributed by atoms with Gasteiger partial charge in [-0.1, -0.05) is 0 Å². The highest BCUT2D eigenvalue weighted by Gasteiger charge is 2.10. The Morgan fingerprint density at radius 1 is 1.26 bits per heavy atom. The quantitative estimate of drug-likeness (QED) is 0.366. The molecule has 19 heavy (non-hydrogen) atoms. The van der Waals surface area contributed by atoms with Crippen molar-refractivity contribution in [3.05, 3.63) is 54.0 Å². The van der Waals surface area contributed by atoms with E-state index in [-0.39, 0.29) is 5.76 Å². The van der Waals surface area contributed by atoms with Crippen LogP contribution in [0, 0.1) is 0 Å². The van der Waals surface area contributed by atoms with Gasteiger partial charge in [0.25, 0.3) is 0 Å². The molecule has 0 spiro atoms. The van der Waals surface area contributed by atoms with Gasteiger partial charge in [0.1, 0.15) is 5.75 Å². The Morgan fingerprint density at radius 2 is 2.00 bits per heavy atom. The van der Waals surface area contributed by atoms with Gasteiger partial charge in [-0.15, -0.1) is 0 Å². The molecule has 0 N–H and O–H groups in total. The Bertz CT molecular complexity index is 557. The molecule has 0 unspecified atom stereocenters. The zero-order valence-electron chi connectivity index (χ0n) is 10.7. The van der Waals surface area contributed by atoms with Gasteiger partial charge in [0.2, 0.25) is 5.76 Å². The number of benzene rings is 1. The third kappa shape index (κ3) is 3.70. The molecule has 0 bridgehead atoms. The number of hydrogen-bond donors (Lipinski definition) is 0. The van der Waals surface area contributed by atoms with Crippen molar-refractivity contribution >= 4 is 12.2 Å². The number of hydrazone groups is 1. The van der Waals surface area contributed by atoms with Crippen LogP contribution in [-0.4, -0.2) is 31.3 Å². The topological polar surface area (TPSA) is 55.0 Å². The molecular formula is C14H14N2O3. The number of ether oxygens (including phenoxy) is 1. The van der Waals surface area contributed by atoms with Gasteiger partial charge >= 0.3 is 5.97 Å². The van der Waals surface area contributed by atoms with Crippen LogP contribution in [0.4, 0.5) is 0 Å². The van der Waals surface area contributed by atoms with E-state index in [1.165, 1.54) is 6.26 Å². The summed E-state index contributed by atoms with van der Waals surface area (Å²) in [6.45, 7) is 0. The van der Waals surface area contributed by atoms with Crippen LogP contribution in [-0.2, 0) is 0 Å². The Hall–Kier alpha value is -2.56. The van der Waals surface area contributed by atoms with E-state index in [0.29, 0.717) is 5.75 Å². The smallest absolute Gasteiger partial charge is 0.379 e. The average molecular weight is 258 g/mol. The molecule has 1 heterocycles. The summed E-state index contributed by atoms with van der Waals surface area (Å²) in [6.07, 6.45) is 3.15. The van der Waals surface area contributed by atoms with Crippen molar-refractivity contribution in [2.24, 2.45) is 5.10 Å². The van der Waals surface area contributed by atoms with Crippen molar-refractivity contribution in [2.45, 2.75) is 0 Å². The van der Waals surface area contributed by atoms with Crippen molar-refractivity contribution in [2.75, 3.05) is 14.1 Å². The standard InChI is InChI=1S/C14H14N2O3/c1-16(2)15-10-11-5-7-12(8-6-11)19-14(17)13-4-3-9-18-13/h3-10H,1-2H3. The molecule has 2 rings (SSSR count). The fourth-order valence-corrected chi connectivity index (χ4v) is 1.36. The molecule has 2 aromatic rings. The molecule has 0 saturated heterocycles. The molecule has 0 fully saturated rings. The fourth-order valence-electron chi connectivity index (χ4n) is 1.36. The number of furan rings is 1. The summed E-state index contributed by atoms with van der Waals surface area (Å²) in [7, 11) is 3.69. The molecule has 1 aromatic heterocycles. The maximum atomic E-state index is 11.6. The Labute approximate surface area is 111 Å². The summed E-state index contributed by atoms with van der Waals surface area (Å²) in [5.74, 6) is 0.126. The summed E-state index contributed by atoms with van der Waals surface area (Å²) in [5.41, 5.74) is 0.923. The van der Waals surface area contributed by atoms with Crippen molar-refractivity contribution in [3.8, 4) is 5.75 Å². The number of esters is 1. The molecule has 5 heteroatoms. The van der Waals surface area contributed by atoms with Crippen LogP contribution in [0.2, 0.25) is 0 Å². The highest BCUT2D eigenvalue weighted by atomic mass is 16.5. The molecule has 0 atom stereocenters. The lowest BCUT2D eigenvalue weighted by atomic mass is 10.2. The summed E-state index contributed by atoms with van der Waals surface area (Å²) < 4.78 is 10.1. The Morgan fingerprint density at radius 3 is 2.58 bits per heavy atom. The number of nitrogens with zero attached hydrogens (tertiary/aromatic N) is 2. The van der Waals surface area contributed by atoms with Crippen LogP contribution < -0.4 is 4.74 Å². The van der Waals surface area contributed by atoms with Crippen molar-refractivity contribution in [1.29, 1.82) is 0 Å². The molecule has 0 radical (unpaired) electrons. The maximum Gasteiger partial charge on any atom is 0.379 e. The van der Waals surface area contributed by atoms with Crippen molar-refractivity contribution in [3.63, 3.8) is 0 Å². The summed E-state index contributed by atoms with van der Waals surface area (Å²) in [4.78, 5) is 11.6. The van der Waals surface area contributed by atoms with E-state index in [0.717, 1.165) is 5.56 Å². The number of carbonyl (C=O) groups is 1. The zero-order valence-corrected chi connectivity index (χ0v) is 10.7. The van der Waals surface area contributed by atoms with E-state index in [2.05, 4.69) is 5.10 Å². The van der Waals surface area contributed by atoms with Gasteiger partial charge in [-0.25, -0.2) is 4.79 Å². The molecule has 0 aliphatic heterocycles. The minimum Gasteiger partial charge on any atom is -0.457 e. The summed E-state index contributed by atoms with van der Waals surface area (Å²) in [6, 6.07) is 10.2. The normalized spacial score (nSPS) is 10.6. The van der Waals surface area contributed by atoms with E-state index in [1.807, 2.05) is 26.2 Å². The maximum absolute atomic E-state index is 11.6. The third-order valence-corrected chi connectivity index (χ3v) is 2.25. The lowest BCUT2D eigenvalue weighted by Gasteiger charge is -2.04. The zero-order chi connectivity index (χ0) is 13.7. The van der Waals surface area contributed by atoms with Crippen molar-refractivity contribution < 1.29 is 13.9 Å². The van der Waals surface area contributed by atoms with Gasteiger partial charge in [-0.2, -0.15) is 5.10 Å². The van der Waals surface area contributed by atoms with E-state index in [9.17, 15) is 4.79 Å². The molecule has 0 aliphatic rings. The van der Waals surface area contributed by atoms with Crippen LogP contribution in [0.5, 0.6) is 5.75 Å². The van der Waals surface area contributed by atoms with Crippen LogP contribution in [0.1, 0.15) is 16.1 Å². The number of rotatable bonds is 4. The molecule has 0 aliphatic carbocycles. The third-order valence-electron chi connectivity index (χ3n) is 2.25. The van der Waals surface area contributed by atoms with Gasteiger partial charge in [-0.3, -0.25) is 0 Å². The lowest BCUT2D eigenvalue weighted by Crippen LogP contribution is -2.07. The van der Waals surface area contributed by atoms with E-state index in [1.54, 1.807) is 35.5 Å². The number of hydrogen-bond acceptors (Lipinski definition) is 5. The van der Waals surface area contributed by atoms with E-state index < -0.39 is 5.97 Å². The summed E-state index contributed by atoms with van der Waals surface area (Å²) in [5, 5.41) is 5.81. The second-order valence-corrected chi connectivity index (χ2v) is 4.03. The predicted molar refractivity (Wildman–Crippen MR) is 71.4 cm³/mol. The van der Waals surface area contributed by atoms with Gasteiger partial charge < -0.3 is 14.2 Å². The SMILES string of the molecule is CN(C)N=Cc1ccc(OC(=O)c2ccco2)cc1. The highest BCUT2D eigenvalue weighted by Crippen LogP contribution is 2.13. The van der Waals surface area contributed by atoms with Crippen LogP contribution in [0.3, 0.4) is 0 Å². The van der Waals surface area contributed by atoms with Gasteiger partial charge in [0.05, 0.1) is 12.5 Å². The van der Waals surface area contributed by atoms with Gasteiger partial charge in [-0.05, 0) is 42.0 Å². The predicted octanol–water partition coefficient (Wildman–Crippen LogP) is 2.39. The first kappa shape index (κ1) is 12.9. The first-order valence-corrected chi connectivity index (χ1v) is 5.72. The fraction of sp³-hybridized carbons (Fsp3) is 0.143. The second kappa shape index (κ2) is 5.86. The molecule has 5 nitrogen and oxygen atoms in total. The second-order valence-electron chi connectivity index (χ2n) is 4.03.